The standard InChI is InChI=1S/C13H22N4O3/c1-2-3-10-12(19)17(13(20)15-10)8-16-6-4-9(5-7-16)11(14)18/h9-10H,2-8H2,1H3,(H2,14,18)(H,15,20)/t10-/m0/s1. The fourth-order valence-electron chi connectivity index (χ4n) is 2.75. The van der Waals surface area contributed by atoms with Crippen LogP contribution in [0.5, 0.6) is 0 Å². The monoisotopic (exact) mass is 282 g/mol. The van der Waals surface area contributed by atoms with Crippen molar-refractivity contribution in [3.8, 4) is 0 Å². The number of piperidine rings is 1. The molecule has 20 heavy (non-hydrogen) atoms. The minimum atomic E-state index is -0.379. The zero-order chi connectivity index (χ0) is 14.7. The van der Waals surface area contributed by atoms with Crippen molar-refractivity contribution in [3.05, 3.63) is 0 Å². The first-order chi connectivity index (χ1) is 9.52. The van der Waals surface area contributed by atoms with Crippen LogP contribution in [0.25, 0.3) is 0 Å². The van der Waals surface area contributed by atoms with E-state index in [0.29, 0.717) is 39.0 Å². The maximum atomic E-state index is 12.1. The molecule has 3 N–H and O–H groups in total. The second-order valence-electron chi connectivity index (χ2n) is 5.49. The third-order valence-corrected chi connectivity index (χ3v) is 4.02. The summed E-state index contributed by atoms with van der Waals surface area (Å²) in [5, 5.41) is 2.71. The van der Waals surface area contributed by atoms with E-state index in [0.717, 1.165) is 6.42 Å². The van der Waals surface area contributed by atoms with E-state index < -0.39 is 0 Å². The largest absolute Gasteiger partial charge is 0.369 e. The van der Waals surface area contributed by atoms with E-state index in [1.54, 1.807) is 0 Å². The highest BCUT2D eigenvalue weighted by atomic mass is 16.2. The molecule has 0 aliphatic carbocycles. The average Bonchev–Trinajstić information content (AvgIpc) is 2.68. The summed E-state index contributed by atoms with van der Waals surface area (Å²) in [6.45, 7) is 3.65. The Bertz CT molecular complexity index is 404. The van der Waals surface area contributed by atoms with Crippen molar-refractivity contribution < 1.29 is 14.4 Å². The molecule has 0 aromatic carbocycles. The van der Waals surface area contributed by atoms with Crippen LogP contribution in [0.15, 0.2) is 0 Å². The Hall–Kier alpha value is -1.63. The van der Waals surface area contributed by atoms with Gasteiger partial charge in [0.1, 0.15) is 6.04 Å². The molecule has 2 heterocycles. The van der Waals surface area contributed by atoms with Gasteiger partial charge in [0.25, 0.3) is 5.91 Å². The summed E-state index contributed by atoms with van der Waals surface area (Å²) < 4.78 is 0. The lowest BCUT2D eigenvalue weighted by Gasteiger charge is -2.32. The molecule has 0 aromatic heterocycles. The number of rotatable bonds is 5. The number of urea groups is 1. The van der Waals surface area contributed by atoms with Crippen LogP contribution < -0.4 is 11.1 Å². The number of hydrogen-bond acceptors (Lipinski definition) is 4. The molecule has 2 saturated heterocycles. The highest BCUT2D eigenvalue weighted by Crippen LogP contribution is 2.18. The number of nitrogens with one attached hydrogen (secondary N) is 1. The molecule has 0 unspecified atom stereocenters. The summed E-state index contributed by atoms with van der Waals surface area (Å²) in [6, 6.07) is -0.693. The van der Waals surface area contributed by atoms with Gasteiger partial charge < -0.3 is 11.1 Å². The molecule has 7 heteroatoms. The van der Waals surface area contributed by atoms with Crippen LogP contribution in [0.3, 0.4) is 0 Å². The van der Waals surface area contributed by atoms with Crippen molar-refractivity contribution in [1.29, 1.82) is 0 Å². The van der Waals surface area contributed by atoms with E-state index in [-0.39, 0.29) is 29.8 Å². The van der Waals surface area contributed by atoms with Gasteiger partial charge in [-0.2, -0.15) is 0 Å². The normalized spacial score (nSPS) is 25.1. The number of hydrogen-bond donors (Lipinski definition) is 2. The quantitative estimate of drug-likeness (QED) is 0.686. The van der Waals surface area contributed by atoms with Crippen molar-refractivity contribution in [2.45, 2.75) is 38.6 Å². The molecule has 1 atom stereocenters. The molecular weight excluding hydrogens is 260 g/mol. The van der Waals surface area contributed by atoms with Crippen LogP contribution in [0.4, 0.5) is 4.79 Å². The first-order valence-electron chi connectivity index (χ1n) is 7.16. The molecule has 0 spiro atoms. The van der Waals surface area contributed by atoms with Crippen molar-refractivity contribution in [2.24, 2.45) is 11.7 Å². The fraction of sp³-hybridized carbons (Fsp3) is 0.769. The third kappa shape index (κ3) is 3.09. The van der Waals surface area contributed by atoms with E-state index >= 15 is 0 Å². The number of primary amides is 1. The minimum absolute atomic E-state index is 0.0813. The molecule has 2 rings (SSSR count). The average molecular weight is 282 g/mol. The lowest BCUT2D eigenvalue weighted by Crippen LogP contribution is -2.46. The molecule has 0 radical (unpaired) electrons. The zero-order valence-electron chi connectivity index (χ0n) is 11.8. The Morgan fingerprint density at radius 1 is 1.35 bits per heavy atom. The molecule has 0 aromatic rings. The zero-order valence-corrected chi connectivity index (χ0v) is 11.8. The molecule has 112 valence electrons. The lowest BCUT2D eigenvalue weighted by molar-refractivity contribution is -0.130. The summed E-state index contributed by atoms with van der Waals surface area (Å²) in [6.07, 6.45) is 2.91. The van der Waals surface area contributed by atoms with E-state index in [2.05, 4.69) is 5.32 Å². The number of likely N-dealkylation sites (tertiary alicyclic amines) is 1. The predicted octanol–water partition coefficient (Wildman–Crippen LogP) is -0.138. The van der Waals surface area contributed by atoms with Gasteiger partial charge in [0.2, 0.25) is 5.91 Å². The molecule has 2 fully saturated rings. The van der Waals surface area contributed by atoms with E-state index in [1.807, 2.05) is 11.8 Å². The van der Waals surface area contributed by atoms with Gasteiger partial charge in [0, 0.05) is 19.0 Å². The number of nitrogens with two attached hydrogens (primary N) is 1. The van der Waals surface area contributed by atoms with Crippen LogP contribution >= 0.6 is 0 Å². The molecule has 0 bridgehead atoms. The van der Waals surface area contributed by atoms with Gasteiger partial charge in [-0.15, -0.1) is 0 Å². The number of imide groups is 1. The molecule has 2 aliphatic heterocycles. The maximum Gasteiger partial charge on any atom is 0.325 e. The van der Waals surface area contributed by atoms with Gasteiger partial charge in [-0.05, 0) is 19.3 Å². The fourth-order valence-corrected chi connectivity index (χ4v) is 2.75. The van der Waals surface area contributed by atoms with Crippen LogP contribution in [-0.2, 0) is 9.59 Å². The van der Waals surface area contributed by atoms with Crippen LogP contribution in [0.2, 0.25) is 0 Å². The summed E-state index contributed by atoms with van der Waals surface area (Å²) in [4.78, 5) is 38.3. The smallest absolute Gasteiger partial charge is 0.325 e. The minimum Gasteiger partial charge on any atom is -0.369 e. The van der Waals surface area contributed by atoms with Gasteiger partial charge in [0.05, 0.1) is 6.67 Å². The molecule has 2 aliphatic rings. The van der Waals surface area contributed by atoms with Crippen molar-refractivity contribution in [1.82, 2.24) is 15.1 Å². The molecular formula is C13H22N4O3. The van der Waals surface area contributed by atoms with E-state index in [4.69, 9.17) is 5.73 Å². The van der Waals surface area contributed by atoms with E-state index in [9.17, 15) is 14.4 Å². The number of carbonyl (C=O) groups is 3. The second-order valence-corrected chi connectivity index (χ2v) is 5.49. The summed E-state index contributed by atoms with van der Waals surface area (Å²) in [5.41, 5.74) is 5.29. The third-order valence-electron chi connectivity index (χ3n) is 4.02. The van der Waals surface area contributed by atoms with Crippen LogP contribution in [-0.4, -0.2) is 53.4 Å². The van der Waals surface area contributed by atoms with Gasteiger partial charge in [-0.3, -0.25) is 14.5 Å². The Morgan fingerprint density at radius 2 is 2.00 bits per heavy atom. The van der Waals surface area contributed by atoms with Crippen molar-refractivity contribution in [2.75, 3.05) is 19.8 Å². The Labute approximate surface area is 118 Å². The van der Waals surface area contributed by atoms with Gasteiger partial charge in [-0.25, -0.2) is 9.69 Å². The highest BCUT2D eigenvalue weighted by Gasteiger charge is 2.38. The summed E-state index contributed by atoms with van der Waals surface area (Å²) in [5.74, 6) is -0.487. The second kappa shape index (κ2) is 6.21. The Balaban J connectivity index is 1.86. The topological polar surface area (TPSA) is 95.7 Å². The molecule has 7 nitrogen and oxygen atoms in total. The predicted molar refractivity (Wildman–Crippen MR) is 72.4 cm³/mol. The Morgan fingerprint density at radius 3 is 2.55 bits per heavy atom. The summed E-state index contributed by atoms with van der Waals surface area (Å²) >= 11 is 0. The van der Waals surface area contributed by atoms with E-state index in [1.165, 1.54) is 4.90 Å². The van der Waals surface area contributed by atoms with Gasteiger partial charge in [0.15, 0.2) is 0 Å². The van der Waals surface area contributed by atoms with Crippen molar-refractivity contribution in [3.63, 3.8) is 0 Å². The summed E-state index contributed by atoms with van der Waals surface area (Å²) in [7, 11) is 0. The van der Waals surface area contributed by atoms with Gasteiger partial charge in [-0.1, -0.05) is 13.3 Å². The maximum absolute atomic E-state index is 12.1. The van der Waals surface area contributed by atoms with Gasteiger partial charge >= 0.3 is 6.03 Å². The lowest BCUT2D eigenvalue weighted by atomic mass is 9.96. The number of nitrogens with zero attached hydrogens (tertiary/aromatic N) is 2. The Kier molecular flexibility index (Phi) is 4.59. The molecule has 0 saturated carbocycles. The first kappa shape index (κ1) is 14.8. The van der Waals surface area contributed by atoms with Crippen molar-refractivity contribution >= 4 is 17.8 Å². The number of amides is 4. The molecule has 4 amide bonds. The number of carbonyl (C=O) groups excluding carboxylic acids is 3. The first-order valence-corrected chi connectivity index (χ1v) is 7.16. The van der Waals surface area contributed by atoms with Crippen LogP contribution in [0, 0.1) is 5.92 Å². The highest BCUT2D eigenvalue weighted by molar-refractivity contribution is 6.04. The SMILES string of the molecule is CCC[C@@H]1NC(=O)N(CN2CCC(C(N)=O)CC2)C1=O. The van der Waals surface area contributed by atoms with Crippen LogP contribution in [0.1, 0.15) is 32.6 Å².